The molecule has 0 bridgehead atoms. The Morgan fingerprint density at radius 3 is 2.57 bits per heavy atom. The molecule has 0 aliphatic rings. The first kappa shape index (κ1) is 17.5. The van der Waals surface area contributed by atoms with Crippen molar-refractivity contribution in [3.63, 3.8) is 0 Å². The summed E-state index contributed by atoms with van der Waals surface area (Å²) in [5, 5.41) is 12.3. The number of hydrogen-bond acceptors (Lipinski definition) is 2. The molecule has 1 aromatic carbocycles. The highest BCUT2D eigenvalue weighted by Gasteiger charge is 2.17. The van der Waals surface area contributed by atoms with Gasteiger partial charge in [0, 0.05) is 23.6 Å². The van der Waals surface area contributed by atoms with Crippen molar-refractivity contribution in [3.8, 4) is 0 Å². The van der Waals surface area contributed by atoms with Gasteiger partial charge in [0.2, 0.25) is 0 Å². The van der Waals surface area contributed by atoms with Gasteiger partial charge in [-0.05, 0) is 42.9 Å². The minimum absolute atomic E-state index is 0.0625. The molecule has 0 fully saturated rings. The molecular formula is C16H22ClNO3. The molecule has 0 spiro atoms. The zero-order chi connectivity index (χ0) is 16.0. The van der Waals surface area contributed by atoms with Crippen molar-refractivity contribution in [2.45, 2.75) is 33.6 Å². The lowest BCUT2D eigenvalue weighted by Gasteiger charge is -2.18. The molecule has 1 amide bonds. The lowest BCUT2D eigenvalue weighted by atomic mass is 9.94. The number of carbonyl (C=O) groups is 2. The van der Waals surface area contributed by atoms with Gasteiger partial charge in [-0.3, -0.25) is 9.59 Å². The highest BCUT2D eigenvalue weighted by atomic mass is 35.5. The first-order chi connectivity index (χ1) is 9.79. The van der Waals surface area contributed by atoms with Crippen LogP contribution in [0.3, 0.4) is 0 Å². The summed E-state index contributed by atoms with van der Waals surface area (Å²) in [5.41, 5.74) is 1.37. The number of carboxylic acid groups (broad SMARTS) is 1. The highest BCUT2D eigenvalue weighted by Crippen LogP contribution is 2.17. The van der Waals surface area contributed by atoms with Crippen LogP contribution in [-0.2, 0) is 4.79 Å². The third-order valence-corrected chi connectivity index (χ3v) is 3.50. The zero-order valence-electron chi connectivity index (χ0n) is 12.6. The normalized spacial score (nSPS) is 12.2. The van der Waals surface area contributed by atoms with Gasteiger partial charge in [0.15, 0.2) is 0 Å². The van der Waals surface area contributed by atoms with Gasteiger partial charge in [0.1, 0.15) is 0 Å². The molecule has 0 saturated heterocycles. The molecule has 1 unspecified atom stereocenters. The van der Waals surface area contributed by atoms with Gasteiger partial charge in [-0.25, -0.2) is 0 Å². The Balaban J connectivity index is 2.68. The van der Waals surface area contributed by atoms with Crippen molar-refractivity contribution in [1.29, 1.82) is 0 Å². The number of aliphatic carboxylic acids is 1. The number of aryl methyl sites for hydroxylation is 1. The fraction of sp³-hybridized carbons (Fsp3) is 0.500. The Hall–Kier alpha value is -1.55. The van der Waals surface area contributed by atoms with Crippen LogP contribution >= 0.6 is 11.6 Å². The van der Waals surface area contributed by atoms with E-state index in [-0.39, 0.29) is 18.2 Å². The summed E-state index contributed by atoms with van der Waals surface area (Å²) >= 11 is 5.90. The molecule has 0 aromatic heterocycles. The van der Waals surface area contributed by atoms with Crippen molar-refractivity contribution in [3.05, 3.63) is 34.3 Å². The topological polar surface area (TPSA) is 66.4 Å². The average molecular weight is 312 g/mol. The van der Waals surface area contributed by atoms with Crippen LogP contribution in [0.25, 0.3) is 0 Å². The predicted octanol–water partition coefficient (Wildman–Crippen LogP) is 3.52. The van der Waals surface area contributed by atoms with Crippen molar-refractivity contribution < 1.29 is 14.7 Å². The number of amides is 1. The van der Waals surface area contributed by atoms with E-state index in [0.717, 1.165) is 12.0 Å². The second kappa shape index (κ2) is 8.03. The van der Waals surface area contributed by atoms with E-state index >= 15 is 0 Å². The summed E-state index contributed by atoms with van der Waals surface area (Å²) in [7, 11) is 0. The van der Waals surface area contributed by atoms with Crippen LogP contribution in [0, 0.1) is 18.8 Å². The summed E-state index contributed by atoms with van der Waals surface area (Å²) in [6.45, 7) is 6.28. The number of benzene rings is 1. The Morgan fingerprint density at radius 2 is 2.00 bits per heavy atom. The maximum atomic E-state index is 12.2. The van der Waals surface area contributed by atoms with Crippen LogP contribution < -0.4 is 5.32 Å². The fourth-order valence-electron chi connectivity index (χ4n) is 2.32. The number of rotatable bonds is 7. The standard InChI is InChI=1S/C16H22ClNO3/c1-10(2)6-12(7-15(19)20)9-18-16(21)14-8-13(17)5-4-11(14)3/h4-5,8,10,12H,6-7,9H2,1-3H3,(H,18,21)(H,19,20). The van der Waals surface area contributed by atoms with Crippen molar-refractivity contribution in [2.24, 2.45) is 11.8 Å². The van der Waals surface area contributed by atoms with Crippen LogP contribution in [-0.4, -0.2) is 23.5 Å². The quantitative estimate of drug-likeness (QED) is 0.809. The average Bonchev–Trinajstić information content (AvgIpc) is 2.37. The van der Waals surface area contributed by atoms with Gasteiger partial charge < -0.3 is 10.4 Å². The number of carbonyl (C=O) groups excluding carboxylic acids is 1. The molecule has 0 aliphatic carbocycles. The van der Waals surface area contributed by atoms with Gasteiger partial charge in [-0.2, -0.15) is 0 Å². The van der Waals surface area contributed by atoms with Crippen molar-refractivity contribution >= 4 is 23.5 Å². The van der Waals surface area contributed by atoms with Crippen LogP contribution in [0.5, 0.6) is 0 Å². The Bertz CT molecular complexity index is 514. The smallest absolute Gasteiger partial charge is 0.303 e. The van der Waals surface area contributed by atoms with E-state index in [2.05, 4.69) is 5.32 Å². The van der Waals surface area contributed by atoms with Gasteiger partial charge >= 0.3 is 5.97 Å². The van der Waals surface area contributed by atoms with E-state index in [0.29, 0.717) is 23.0 Å². The maximum absolute atomic E-state index is 12.2. The maximum Gasteiger partial charge on any atom is 0.303 e. The zero-order valence-corrected chi connectivity index (χ0v) is 13.4. The summed E-state index contributed by atoms with van der Waals surface area (Å²) in [6, 6.07) is 5.15. The molecule has 1 atom stereocenters. The molecule has 0 aliphatic heterocycles. The Labute approximate surface area is 130 Å². The number of nitrogens with one attached hydrogen (secondary N) is 1. The van der Waals surface area contributed by atoms with E-state index in [1.165, 1.54) is 0 Å². The van der Waals surface area contributed by atoms with E-state index < -0.39 is 5.97 Å². The summed E-state index contributed by atoms with van der Waals surface area (Å²) in [4.78, 5) is 23.1. The summed E-state index contributed by atoms with van der Waals surface area (Å²) < 4.78 is 0. The first-order valence-corrected chi connectivity index (χ1v) is 7.43. The number of halogens is 1. The predicted molar refractivity (Wildman–Crippen MR) is 83.7 cm³/mol. The van der Waals surface area contributed by atoms with Crippen molar-refractivity contribution in [2.75, 3.05) is 6.54 Å². The molecule has 0 heterocycles. The number of hydrogen-bond donors (Lipinski definition) is 2. The minimum atomic E-state index is -0.839. The summed E-state index contributed by atoms with van der Waals surface area (Å²) in [5.74, 6) is -0.729. The number of carboxylic acids is 1. The van der Waals surface area contributed by atoms with Crippen LogP contribution in [0.1, 0.15) is 42.6 Å². The van der Waals surface area contributed by atoms with Crippen LogP contribution in [0.2, 0.25) is 5.02 Å². The molecule has 21 heavy (non-hydrogen) atoms. The molecule has 0 saturated carbocycles. The van der Waals surface area contributed by atoms with Crippen LogP contribution in [0.15, 0.2) is 18.2 Å². The van der Waals surface area contributed by atoms with E-state index in [4.69, 9.17) is 16.7 Å². The SMILES string of the molecule is Cc1ccc(Cl)cc1C(=O)NCC(CC(=O)O)CC(C)C. The molecule has 0 radical (unpaired) electrons. The molecule has 5 heteroatoms. The van der Waals surface area contributed by atoms with Gasteiger partial charge in [0.25, 0.3) is 5.91 Å². The molecule has 1 aromatic rings. The van der Waals surface area contributed by atoms with E-state index in [9.17, 15) is 9.59 Å². The molecule has 116 valence electrons. The molecular weight excluding hydrogens is 290 g/mol. The third-order valence-electron chi connectivity index (χ3n) is 3.26. The molecule has 4 nitrogen and oxygen atoms in total. The summed E-state index contributed by atoms with van der Waals surface area (Å²) in [6.07, 6.45) is 0.827. The van der Waals surface area contributed by atoms with Gasteiger partial charge in [0.05, 0.1) is 0 Å². The highest BCUT2D eigenvalue weighted by molar-refractivity contribution is 6.31. The van der Waals surface area contributed by atoms with Crippen molar-refractivity contribution in [1.82, 2.24) is 5.32 Å². The first-order valence-electron chi connectivity index (χ1n) is 7.05. The van der Waals surface area contributed by atoms with E-state index in [1.807, 2.05) is 20.8 Å². The second-order valence-electron chi connectivity index (χ2n) is 5.76. The van der Waals surface area contributed by atoms with Gasteiger partial charge in [-0.15, -0.1) is 0 Å². The van der Waals surface area contributed by atoms with E-state index in [1.54, 1.807) is 18.2 Å². The largest absolute Gasteiger partial charge is 0.481 e. The minimum Gasteiger partial charge on any atom is -0.481 e. The third kappa shape index (κ3) is 6.17. The monoisotopic (exact) mass is 311 g/mol. The lowest BCUT2D eigenvalue weighted by molar-refractivity contribution is -0.138. The molecule has 2 N–H and O–H groups in total. The van der Waals surface area contributed by atoms with Gasteiger partial charge in [-0.1, -0.05) is 31.5 Å². The Kier molecular flexibility index (Phi) is 6.69. The molecule has 1 rings (SSSR count). The second-order valence-corrected chi connectivity index (χ2v) is 6.20. The fourth-order valence-corrected chi connectivity index (χ4v) is 2.50. The lowest BCUT2D eigenvalue weighted by Crippen LogP contribution is -2.31. The van der Waals surface area contributed by atoms with Crippen LogP contribution in [0.4, 0.5) is 0 Å². The Morgan fingerprint density at radius 1 is 1.33 bits per heavy atom.